The first-order chi connectivity index (χ1) is 12.6. The minimum atomic E-state index is -0.453. The summed E-state index contributed by atoms with van der Waals surface area (Å²) in [6.45, 7) is 3.67. The van der Waals surface area contributed by atoms with Crippen molar-refractivity contribution in [1.29, 1.82) is 0 Å². The summed E-state index contributed by atoms with van der Waals surface area (Å²) in [6, 6.07) is 16.6. The van der Waals surface area contributed by atoms with Gasteiger partial charge < -0.3 is 9.47 Å². The van der Waals surface area contributed by atoms with Crippen molar-refractivity contribution < 1.29 is 19.1 Å². The Labute approximate surface area is 152 Å². The third kappa shape index (κ3) is 3.08. The Morgan fingerprint density at radius 3 is 2.31 bits per heavy atom. The summed E-state index contributed by atoms with van der Waals surface area (Å²) in [5.74, 6) is 0.0807. The van der Waals surface area contributed by atoms with Crippen molar-refractivity contribution in [3.8, 4) is 5.75 Å². The Bertz CT molecular complexity index is 840. The van der Waals surface area contributed by atoms with E-state index in [1.165, 1.54) is 0 Å². The maximum absolute atomic E-state index is 12.9. The van der Waals surface area contributed by atoms with Crippen LogP contribution in [-0.2, 0) is 14.3 Å². The highest BCUT2D eigenvalue weighted by molar-refractivity contribution is 6.18. The van der Waals surface area contributed by atoms with Crippen LogP contribution in [0, 0.1) is 0 Å². The van der Waals surface area contributed by atoms with Gasteiger partial charge in [-0.1, -0.05) is 30.3 Å². The zero-order valence-corrected chi connectivity index (χ0v) is 15.1. The van der Waals surface area contributed by atoms with Crippen LogP contribution in [0.5, 0.6) is 5.75 Å². The molecule has 1 unspecified atom stereocenters. The van der Waals surface area contributed by atoms with E-state index in [4.69, 9.17) is 9.47 Å². The zero-order valence-electron chi connectivity index (χ0n) is 15.1. The first kappa shape index (κ1) is 17.7. The molecule has 1 fully saturated rings. The molecule has 0 spiro atoms. The van der Waals surface area contributed by atoms with E-state index in [0.29, 0.717) is 11.1 Å². The number of carbonyl (C=O) groups excluding carboxylic acids is 2. The molecule has 0 saturated carbocycles. The summed E-state index contributed by atoms with van der Waals surface area (Å²) >= 11 is 0. The van der Waals surface area contributed by atoms with Gasteiger partial charge >= 0.3 is 5.97 Å². The molecular weight excluding hydrogens is 330 g/mol. The zero-order chi connectivity index (χ0) is 18.7. The van der Waals surface area contributed by atoms with Crippen LogP contribution in [0.3, 0.4) is 0 Å². The number of anilines is 1. The molecule has 26 heavy (non-hydrogen) atoms. The van der Waals surface area contributed by atoms with Gasteiger partial charge in [-0.2, -0.15) is 0 Å². The molecule has 5 nitrogen and oxygen atoms in total. The van der Waals surface area contributed by atoms with Crippen LogP contribution >= 0.6 is 0 Å². The lowest BCUT2D eigenvalue weighted by Crippen LogP contribution is -2.50. The van der Waals surface area contributed by atoms with Crippen molar-refractivity contribution in [2.24, 2.45) is 0 Å². The average molecular weight is 351 g/mol. The van der Waals surface area contributed by atoms with Crippen molar-refractivity contribution in [1.82, 2.24) is 0 Å². The monoisotopic (exact) mass is 351 g/mol. The number of ether oxygens (including phenoxy) is 2. The molecule has 1 aliphatic rings. The summed E-state index contributed by atoms with van der Waals surface area (Å²) < 4.78 is 10.3. The molecule has 1 saturated heterocycles. The highest BCUT2D eigenvalue weighted by atomic mass is 16.5. The number of carbonyl (C=O) groups is 2. The van der Waals surface area contributed by atoms with Crippen molar-refractivity contribution in [3.05, 3.63) is 71.3 Å². The van der Waals surface area contributed by atoms with Gasteiger partial charge in [0.15, 0.2) is 0 Å². The Kier molecular flexibility index (Phi) is 5.07. The van der Waals surface area contributed by atoms with E-state index in [2.05, 4.69) is 0 Å². The number of rotatable bonds is 5. The van der Waals surface area contributed by atoms with Gasteiger partial charge in [-0.25, -0.2) is 4.79 Å². The normalized spacial score (nSPS) is 18.2. The third-order valence-corrected chi connectivity index (χ3v) is 4.43. The Hall–Kier alpha value is -3.08. The van der Waals surface area contributed by atoms with Crippen LogP contribution in [0.4, 0.5) is 5.69 Å². The van der Waals surface area contributed by atoms with Crippen LogP contribution in [0.1, 0.15) is 25.5 Å². The third-order valence-electron chi connectivity index (χ3n) is 4.43. The fourth-order valence-corrected chi connectivity index (χ4v) is 3.10. The SMILES string of the molecule is CCOC(=O)/C(C)=C1/C(=O)N(c2ccc(OC)cc2)C1c1ccccc1. The molecule has 3 rings (SSSR count). The van der Waals surface area contributed by atoms with Crippen LogP contribution in [0.15, 0.2) is 65.7 Å². The highest BCUT2D eigenvalue weighted by Crippen LogP contribution is 2.44. The van der Waals surface area contributed by atoms with E-state index in [9.17, 15) is 9.59 Å². The molecule has 0 aromatic heterocycles. The maximum Gasteiger partial charge on any atom is 0.334 e. The maximum atomic E-state index is 12.9. The summed E-state index contributed by atoms with van der Waals surface area (Å²) in [7, 11) is 1.60. The van der Waals surface area contributed by atoms with Gasteiger partial charge in [0.1, 0.15) is 5.75 Å². The summed E-state index contributed by atoms with van der Waals surface area (Å²) in [5, 5.41) is 0. The summed E-state index contributed by atoms with van der Waals surface area (Å²) in [4.78, 5) is 26.7. The Morgan fingerprint density at radius 1 is 1.08 bits per heavy atom. The number of hydrogen-bond donors (Lipinski definition) is 0. The number of amides is 1. The van der Waals surface area contributed by atoms with Gasteiger partial charge in [0.05, 0.1) is 25.3 Å². The number of nitrogens with zero attached hydrogens (tertiary/aromatic N) is 1. The molecule has 1 heterocycles. The molecule has 1 atom stereocenters. The van der Waals surface area contributed by atoms with Gasteiger partial charge in [-0.3, -0.25) is 9.69 Å². The molecule has 5 heteroatoms. The van der Waals surface area contributed by atoms with Crippen LogP contribution < -0.4 is 9.64 Å². The minimum absolute atomic E-state index is 0.186. The lowest BCUT2D eigenvalue weighted by Gasteiger charge is -2.43. The van der Waals surface area contributed by atoms with Gasteiger partial charge in [0.2, 0.25) is 0 Å². The highest BCUT2D eigenvalue weighted by Gasteiger charge is 2.46. The van der Waals surface area contributed by atoms with Gasteiger partial charge in [0.25, 0.3) is 5.91 Å². The second kappa shape index (κ2) is 7.44. The standard InChI is InChI=1S/C21H21NO4/c1-4-26-21(24)14(2)18-19(15-8-6-5-7-9-15)22(20(18)23)16-10-12-17(25-3)13-11-16/h5-13,19H,4H2,1-3H3/b18-14+. The Morgan fingerprint density at radius 2 is 1.73 bits per heavy atom. The van der Waals surface area contributed by atoms with E-state index in [0.717, 1.165) is 17.0 Å². The first-order valence-electron chi connectivity index (χ1n) is 8.49. The average Bonchev–Trinajstić information content (AvgIpc) is 2.67. The fourth-order valence-electron chi connectivity index (χ4n) is 3.10. The second-order valence-corrected chi connectivity index (χ2v) is 5.95. The van der Waals surface area contributed by atoms with E-state index >= 15 is 0 Å². The van der Waals surface area contributed by atoms with Gasteiger partial charge in [-0.15, -0.1) is 0 Å². The molecule has 2 aromatic rings. The molecular formula is C21H21NO4. The predicted molar refractivity (Wildman–Crippen MR) is 99.0 cm³/mol. The number of methoxy groups -OCH3 is 1. The molecule has 0 bridgehead atoms. The van der Waals surface area contributed by atoms with E-state index in [1.54, 1.807) is 25.9 Å². The molecule has 0 N–H and O–H groups in total. The first-order valence-corrected chi connectivity index (χ1v) is 8.49. The van der Waals surface area contributed by atoms with E-state index in [1.807, 2.05) is 54.6 Å². The topological polar surface area (TPSA) is 55.8 Å². The Balaban J connectivity index is 2.03. The lowest BCUT2D eigenvalue weighted by molar-refractivity contribution is -0.139. The molecule has 0 radical (unpaired) electrons. The molecule has 2 aromatic carbocycles. The largest absolute Gasteiger partial charge is 0.497 e. The number of benzene rings is 2. The minimum Gasteiger partial charge on any atom is -0.497 e. The molecule has 1 aliphatic heterocycles. The number of esters is 1. The van der Waals surface area contributed by atoms with Crippen molar-refractivity contribution in [3.63, 3.8) is 0 Å². The number of hydrogen-bond acceptors (Lipinski definition) is 4. The quantitative estimate of drug-likeness (QED) is 0.469. The van der Waals surface area contributed by atoms with Crippen molar-refractivity contribution >= 4 is 17.6 Å². The van der Waals surface area contributed by atoms with E-state index < -0.39 is 5.97 Å². The van der Waals surface area contributed by atoms with Crippen LogP contribution in [0.25, 0.3) is 0 Å². The predicted octanol–water partition coefficient (Wildman–Crippen LogP) is 3.66. The fraction of sp³-hybridized carbons (Fsp3) is 0.238. The van der Waals surface area contributed by atoms with Crippen LogP contribution in [0.2, 0.25) is 0 Å². The molecule has 134 valence electrons. The molecule has 1 amide bonds. The summed E-state index contributed by atoms with van der Waals surface area (Å²) in [5.41, 5.74) is 2.53. The molecule has 0 aliphatic carbocycles. The van der Waals surface area contributed by atoms with E-state index in [-0.39, 0.29) is 18.6 Å². The summed E-state index contributed by atoms with van der Waals surface area (Å²) in [6.07, 6.45) is 0. The lowest BCUT2D eigenvalue weighted by atomic mass is 9.84. The van der Waals surface area contributed by atoms with Gasteiger partial charge in [0, 0.05) is 11.3 Å². The number of β-lactam (4-membered cyclic amide) rings is 1. The van der Waals surface area contributed by atoms with Crippen LogP contribution in [-0.4, -0.2) is 25.6 Å². The van der Waals surface area contributed by atoms with Crippen molar-refractivity contribution in [2.45, 2.75) is 19.9 Å². The van der Waals surface area contributed by atoms with Gasteiger partial charge in [-0.05, 0) is 43.7 Å². The smallest absolute Gasteiger partial charge is 0.334 e. The second-order valence-electron chi connectivity index (χ2n) is 5.95. The van der Waals surface area contributed by atoms with Crippen molar-refractivity contribution in [2.75, 3.05) is 18.6 Å².